The van der Waals surface area contributed by atoms with Crippen LogP contribution in [0.5, 0.6) is 0 Å². The van der Waals surface area contributed by atoms with Gasteiger partial charge < -0.3 is 4.42 Å². The average Bonchev–Trinajstić information content (AvgIpc) is 3.63. The van der Waals surface area contributed by atoms with Gasteiger partial charge in [-0.3, -0.25) is 0 Å². The molecular formula is C46H28O. The first-order valence-electron chi connectivity index (χ1n) is 20.0. The highest BCUT2D eigenvalue weighted by atomic mass is 16.3. The molecule has 0 saturated carbocycles. The summed E-state index contributed by atoms with van der Waals surface area (Å²) in [5.74, 6) is 0. The second-order valence-electron chi connectivity index (χ2n) is 11.7. The normalized spacial score (nSPS) is 14.5. The van der Waals surface area contributed by atoms with Crippen LogP contribution in [0, 0.1) is 0 Å². The molecule has 10 aromatic rings. The Labute approximate surface area is 284 Å². The highest BCUT2D eigenvalue weighted by molar-refractivity contribution is 6.28. The first kappa shape index (κ1) is 18.7. The summed E-state index contributed by atoms with van der Waals surface area (Å²) in [5.41, 5.74) is 4.88. The zero-order valence-corrected chi connectivity index (χ0v) is 24.9. The number of rotatable bonds is 3. The number of hydrogen-bond donors (Lipinski definition) is 0. The summed E-state index contributed by atoms with van der Waals surface area (Å²) in [4.78, 5) is 0. The fourth-order valence-electron chi connectivity index (χ4n) is 7.23. The molecular weight excluding hydrogens is 569 g/mol. The molecule has 1 heterocycles. The lowest BCUT2D eigenvalue weighted by Gasteiger charge is -2.20. The predicted octanol–water partition coefficient (Wildman–Crippen LogP) is 13.2. The highest BCUT2D eigenvalue weighted by Crippen LogP contribution is 2.49. The van der Waals surface area contributed by atoms with Gasteiger partial charge in [0, 0.05) is 16.2 Å². The summed E-state index contributed by atoms with van der Waals surface area (Å²) >= 11 is 0. The van der Waals surface area contributed by atoms with Crippen LogP contribution in [0.15, 0.2) is 174 Å². The quantitative estimate of drug-likeness (QED) is 0.183. The van der Waals surface area contributed by atoms with E-state index < -0.39 is 36.3 Å². The Morgan fingerprint density at radius 3 is 1.66 bits per heavy atom. The Hall–Kier alpha value is -6.18. The summed E-state index contributed by atoms with van der Waals surface area (Å²) in [7, 11) is 0. The molecule has 0 aliphatic heterocycles. The van der Waals surface area contributed by atoms with Gasteiger partial charge in [0.05, 0.1) is 12.3 Å². The third kappa shape index (κ3) is 3.84. The third-order valence-corrected chi connectivity index (χ3v) is 9.21. The van der Waals surface area contributed by atoms with Crippen LogP contribution < -0.4 is 0 Å². The van der Waals surface area contributed by atoms with E-state index in [0.29, 0.717) is 5.56 Å². The van der Waals surface area contributed by atoms with Crippen molar-refractivity contribution in [3.8, 4) is 33.4 Å². The minimum absolute atomic E-state index is 0.0549. The maximum Gasteiger partial charge on any atom is 0.143 e. The second-order valence-corrected chi connectivity index (χ2v) is 11.7. The molecule has 0 bridgehead atoms. The minimum atomic E-state index is -0.532. The van der Waals surface area contributed by atoms with Crippen LogP contribution in [-0.2, 0) is 0 Å². The lowest BCUT2D eigenvalue weighted by Crippen LogP contribution is -1.92. The van der Waals surface area contributed by atoms with Crippen molar-refractivity contribution in [3.05, 3.63) is 170 Å². The molecule has 0 fully saturated rings. The highest BCUT2D eigenvalue weighted by Gasteiger charge is 2.22. The molecule has 0 saturated heterocycles. The Balaban J connectivity index is 1.39. The molecule has 0 amide bonds. The van der Waals surface area contributed by atoms with Crippen molar-refractivity contribution >= 4 is 65.0 Å². The fourth-order valence-corrected chi connectivity index (χ4v) is 7.23. The monoisotopic (exact) mass is 605 g/mol. The molecule has 218 valence electrons. The predicted molar refractivity (Wildman–Crippen MR) is 200 cm³/mol. The zero-order chi connectivity index (χ0) is 38.7. The fraction of sp³-hybridized carbons (Fsp3) is 0. The summed E-state index contributed by atoms with van der Waals surface area (Å²) < 4.78 is 86.3. The average molecular weight is 606 g/mol. The minimum Gasteiger partial charge on any atom is -0.455 e. The smallest absolute Gasteiger partial charge is 0.143 e. The molecule has 0 spiro atoms. The molecule has 0 N–H and O–H groups in total. The maximum absolute atomic E-state index is 9.50. The van der Waals surface area contributed by atoms with Gasteiger partial charge in [-0.2, -0.15) is 0 Å². The topological polar surface area (TPSA) is 13.1 Å². The molecule has 0 aliphatic rings. The lowest BCUT2D eigenvalue weighted by molar-refractivity contribution is 0.673. The Bertz CT molecular complexity index is 3300. The Morgan fingerprint density at radius 2 is 0.957 bits per heavy atom. The summed E-state index contributed by atoms with van der Waals surface area (Å²) in [6.45, 7) is 0. The molecule has 1 aromatic heterocycles. The van der Waals surface area contributed by atoms with Gasteiger partial charge in [0.25, 0.3) is 0 Å². The Kier molecular flexibility index (Phi) is 4.05. The van der Waals surface area contributed by atoms with E-state index in [2.05, 4.69) is 36.4 Å². The molecule has 0 atom stereocenters. The lowest BCUT2D eigenvalue weighted by atomic mass is 9.83. The number of furan rings is 1. The van der Waals surface area contributed by atoms with Gasteiger partial charge in [-0.15, -0.1) is 0 Å². The molecule has 1 nitrogen and oxygen atoms in total. The van der Waals surface area contributed by atoms with Crippen LogP contribution in [-0.4, -0.2) is 0 Å². The summed E-state index contributed by atoms with van der Waals surface area (Å²) in [6.07, 6.45) is 0. The van der Waals surface area contributed by atoms with E-state index in [1.54, 1.807) is 0 Å². The van der Waals surface area contributed by atoms with Crippen molar-refractivity contribution in [1.82, 2.24) is 0 Å². The van der Waals surface area contributed by atoms with Gasteiger partial charge in [-0.05, 0) is 83.2 Å². The zero-order valence-electron chi connectivity index (χ0n) is 33.9. The van der Waals surface area contributed by atoms with E-state index in [-0.39, 0.29) is 56.4 Å². The van der Waals surface area contributed by atoms with Gasteiger partial charge in [-0.25, -0.2) is 0 Å². The second kappa shape index (κ2) is 10.2. The summed E-state index contributed by atoms with van der Waals surface area (Å²) in [5, 5.41) is 5.44. The van der Waals surface area contributed by atoms with E-state index >= 15 is 0 Å². The van der Waals surface area contributed by atoms with Gasteiger partial charge >= 0.3 is 0 Å². The largest absolute Gasteiger partial charge is 0.455 e. The molecule has 1 heteroatoms. The van der Waals surface area contributed by atoms with Gasteiger partial charge in [-0.1, -0.05) is 158 Å². The van der Waals surface area contributed by atoms with E-state index in [0.717, 1.165) is 54.6 Å². The van der Waals surface area contributed by atoms with E-state index in [4.69, 9.17) is 14.0 Å². The van der Waals surface area contributed by atoms with Crippen molar-refractivity contribution in [1.29, 1.82) is 0 Å². The van der Waals surface area contributed by atoms with Crippen LogP contribution in [0.4, 0.5) is 0 Å². The van der Waals surface area contributed by atoms with Crippen LogP contribution in [0.25, 0.3) is 98.4 Å². The molecule has 47 heavy (non-hydrogen) atoms. The molecule has 0 aliphatic carbocycles. The number of benzene rings is 9. The van der Waals surface area contributed by atoms with Gasteiger partial charge in [0.15, 0.2) is 0 Å². The van der Waals surface area contributed by atoms with Crippen LogP contribution in [0.3, 0.4) is 0 Å². The van der Waals surface area contributed by atoms with Crippen molar-refractivity contribution in [2.24, 2.45) is 0 Å². The van der Waals surface area contributed by atoms with E-state index in [1.165, 1.54) is 0 Å². The van der Waals surface area contributed by atoms with Crippen molar-refractivity contribution in [3.63, 3.8) is 0 Å². The van der Waals surface area contributed by atoms with E-state index in [1.807, 2.05) is 78.9 Å². The van der Waals surface area contributed by atoms with Crippen LogP contribution >= 0.6 is 0 Å². The molecule has 0 unspecified atom stereocenters. The maximum atomic E-state index is 9.50. The third-order valence-electron chi connectivity index (χ3n) is 9.21. The standard InChI is InChI=1S/C46H28O/c1-2-13-29(14-3-1)31-27-28-39(34-18-7-6-17-33(31)34)43-35-19-8-10-21-37(35)44(38-22-11-9-20-36(38)43)40-23-12-24-42-45(40)41-26-25-30-15-4-5-16-32(30)46(41)47-42/h1-28H/i4D,5D,12D,15D,16D,23D,24D,25D,26D. The molecule has 0 radical (unpaired) electrons. The number of fused-ring (bicyclic) bond motifs is 8. The van der Waals surface area contributed by atoms with Crippen LogP contribution in [0.2, 0.25) is 0 Å². The van der Waals surface area contributed by atoms with Gasteiger partial charge in [0.1, 0.15) is 11.2 Å². The Morgan fingerprint density at radius 1 is 0.383 bits per heavy atom. The van der Waals surface area contributed by atoms with Crippen LogP contribution in [0.1, 0.15) is 12.3 Å². The van der Waals surface area contributed by atoms with Crippen molar-refractivity contribution in [2.75, 3.05) is 0 Å². The summed E-state index contributed by atoms with van der Waals surface area (Å²) in [6, 6.07) is 34.9. The first-order chi connectivity index (χ1) is 27.1. The van der Waals surface area contributed by atoms with Gasteiger partial charge in [0.2, 0.25) is 0 Å². The van der Waals surface area contributed by atoms with E-state index in [9.17, 15) is 2.74 Å². The SMILES string of the molecule is [2H]c1c([2H])c(-c2c3ccccc3c(-c3ccc(-c4ccccc4)c4ccccc34)c3ccccc23)c2c(oc3c4c([2H])c([2H])c([2H])c([2H])c4c([2H])c([2H])c32)c1[2H]. The molecule has 9 aromatic carbocycles. The number of hydrogen-bond acceptors (Lipinski definition) is 1. The van der Waals surface area contributed by atoms with Crippen molar-refractivity contribution in [2.45, 2.75) is 0 Å². The first-order valence-corrected chi connectivity index (χ1v) is 15.5. The van der Waals surface area contributed by atoms with Crippen molar-refractivity contribution < 1.29 is 16.8 Å². The molecule has 10 rings (SSSR count).